The molecule has 1 atom stereocenters. The number of thioether (sulfide) groups is 1. The third-order valence-corrected chi connectivity index (χ3v) is 16.0. The fourth-order valence-corrected chi connectivity index (χ4v) is 11.8. The molecule has 2 N–H and O–H groups in total. The van der Waals surface area contributed by atoms with Crippen molar-refractivity contribution >= 4 is 66.8 Å². The van der Waals surface area contributed by atoms with Crippen molar-refractivity contribution in [3.63, 3.8) is 0 Å². The third kappa shape index (κ3) is 11.1. The number of halogens is 4. The summed E-state index contributed by atoms with van der Waals surface area (Å²) < 4.78 is 117. The van der Waals surface area contributed by atoms with Crippen LogP contribution in [0.15, 0.2) is 133 Å². The van der Waals surface area contributed by atoms with Crippen LogP contribution < -0.4 is 14.8 Å². The van der Waals surface area contributed by atoms with Gasteiger partial charge in [-0.3, -0.25) is 0 Å². The molecule has 372 valence electrons. The maximum atomic E-state index is 15.6. The van der Waals surface area contributed by atoms with Gasteiger partial charge in [0.2, 0.25) is 0 Å². The van der Waals surface area contributed by atoms with Gasteiger partial charge in [0.15, 0.2) is 28.2 Å². The number of nitrogens with zero attached hydrogens (tertiary/aromatic N) is 1. The molecule has 0 aromatic heterocycles. The molecule has 1 heterocycles. The number of hydrogen-bond donors (Lipinski definition) is 2. The molecule has 7 rings (SSSR count). The van der Waals surface area contributed by atoms with Gasteiger partial charge in [0.25, 0.3) is 10.0 Å². The smallest absolute Gasteiger partial charge is 0.333 e. The van der Waals surface area contributed by atoms with Crippen LogP contribution in [0.3, 0.4) is 0 Å². The number of carbonyl (C=O) groups is 1. The van der Waals surface area contributed by atoms with E-state index in [4.69, 9.17) is 14.1 Å². The number of fused-ring (bicyclic) bond motifs is 2. The number of sulfonamides is 1. The summed E-state index contributed by atoms with van der Waals surface area (Å²) >= 11 is 0.266. The molecule has 0 amide bonds. The molecule has 0 spiro atoms. The first-order valence-electron chi connectivity index (χ1n) is 23.0. The molecule has 0 fully saturated rings. The zero-order chi connectivity index (χ0) is 51.6. The highest BCUT2D eigenvalue weighted by Gasteiger charge is 2.35. The Morgan fingerprint density at radius 1 is 0.746 bits per heavy atom. The normalized spacial score (nSPS) is 12.8. The lowest BCUT2D eigenvalue weighted by molar-refractivity contribution is -0.138. The maximum Gasteiger partial charge on any atom is 0.333 e. The molecule has 0 saturated carbocycles. The van der Waals surface area contributed by atoms with Crippen LogP contribution in [-0.2, 0) is 30.5 Å². The van der Waals surface area contributed by atoms with Crippen molar-refractivity contribution in [1.82, 2.24) is 4.13 Å². The van der Waals surface area contributed by atoms with Gasteiger partial charge in [-0.2, -0.15) is 0 Å². The fourth-order valence-electron chi connectivity index (χ4n) is 8.30. The van der Waals surface area contributed by atoms with Gasteiger partial charge in [0.05, 0.1) is 20.8 Å². The van der Waals surface area contributed by atoms with E-state index in [-0.39, 0.29) is 57.2 Å². The quantitative estimate of drug-likeness (QED) is 0.0176. The van der Waals surface area contributed by atoms with Crippen LogP contribution in [0.25, 0.3) is 33.4 Å². The molecule has 16 heteroatoms. The van der Waals surface area contributed by atoms with Crippen LogP contribution >= 0.6 is 11.8 Å². The third-order valence-electron chi connectivity index (χ3n) is 11.8. The predicted octanol–water partition coefficient (Wildman–Crippen LogP) is 14.4. The van der Waals surface area contributed by atoms with Crippen molar-refractivity contribution in [2.24, 2.45) is 4.99 Å². The van der Waals surface area contributed by atoms with E-state index in [1.165, 1.54) is 19.1 Å². The van der Waals surface area contributed by atoms with Crippen molar-refractivity contribution in [2.45, 2.75) is 101 Å². The summed E-state index contributed by atoms with van der Waals surface area (Å²) in [6.45, 7) is 21.4. The molecule has 5 aromatic carbocycles. The topological polar surface area (TPSA) is 127 Å². The van der Waals surface area contributed by atoms with Crippen LogP contribution in [0.5, 0.6) is 0 Å². The van der Waals surface area contributed by atoms with Gasteiger partial charge in [-0.25, -0.2) is 40.0 Å². The maximum absolute atomic E-state index is 15.6. The summed E-state index contributed by atoms with van der Waals surface area (Å²) in [7, 11) is -8.41. The van der Waals surface area contributed by atoms with Crippen LogP contribution in [0, 0.1) is 23.3 Å². The summed E-state index contributed by atoms with van der Waals surface area (Å²) in [4.78, 5) is 13.6. The predicted molar refractivity (Wildman–Crippen MR) is 276 cm³/mol. The van der Waals surface area contributed by atoms with Gasteiger partial charge in [-0.15, -0.1) is 15.9 Å². The molecule has 9 nitrogen and oxygen atoms in total. The molecular weight excluding hydrogens is 971 g/mol. The van der Waals surface area contributed by atoms with Crippen molar-refractivity contribution in [3.8, 4) is 22.5 Å². The monoisotopic (exact) mass is 1030 g/mol. The second kappa shape index (κ2) is 21.7. The lowest BCUT2D eigenvalue weighted by Gasteiger charge is -2.22. The van der Waals surface area contributed by atoms with E-state index in [1.807, 2.05) is 42.5 Å². The Hall–Kier alpha value is -6.07. The summed E-state index contributed by atoms with van der Waals surface area (Å²) in [5, 5.41) is 4.78. The minimum atomic E-state index is -5.58. The van der Waals surface area contributed by atoms with Crippen LogP contribution in [0.4, 0.5) is 34.6 Å². The van der Waals surface area contributed by atoms with Crippen LogP contribution in [0.2, 0.25) is 0 Å². The molecule has 0 radical (unpaired) electrons. The van der Waals surface area contributed by atoms with E-state index in [0.717, 1.165) is 33.6 Å². The number of hydrogen-bond acceptors (Lipinski definition) is 9. The summed E-state index contributed by atoms with van der Waals surface area (Å²) in [5.74, 6) is -8.46. The van der Waals surface area contributed by atoms with Gasteiger partial charge in [-0.05, 0) is 83.2 Å². The number of carbonyl (C=O) groups excluding carboxylic acids is 1. The Morgan fingerprint density at radius 2 is 1.32 bits per heavy atom. The number of para-hydroxylation sites is 2. The second-order valence-electron chi connectivity index (χ2n) is 18.4. The van der Waals surface area contributed by atoms with E-state index in [0.29, 0.717) is 38.9 Å². The number of rotatable bonds is 17. The average molecular weight is 1030 g/mol. The number of ether oxygens (including phenoxy) is 1. The van der Waals surface area contributed by atoms with Gasteiger partial charge >= 0.3 is 5.97 Å². The second-order valence-corrected chi connectivity index (χ2v) is 22.5. The van der Waals surface area contributed by atoms with Crippen LogP contribution in [-0.4, -0.2) is 31.0 Å². The first-order chi connectivity index (χ1) is 33.6. The minimum absolute atomic E-state index is 0.0586. The highest BCUT2D eigenvalue weighted by molar-refractivity contribution is 8.02. The molecular formula is C55H55F4N3O6S3. The first kappa shape index (κ1) is 52.7. The van der Waals surface area contributed by atoms with Crippen molar-refractivity contribution < 1.29 is 44.1 Å². The van der Waals surface area contributed by atoms with E-state index < -0.39 is 66.6 Å². The van der Waals surface area contributed by atoms with Crippen molar-refractivity contribution in [2.75, 3.05) is 17.7 Å². The highest BCUT2D eigenvalue weighted by atomic mass is 32.3. The molecule has 0 bridgehead atoms. The Morgan fingerprint density at radius 3 is 1.90 bits per heavy atom. The summed E-state index contributed by atoms with van der Waals surface area (Å²) in [6, 6.07) is 29.5. The zero-order valence-electron chi connectivity index (χ0n) is 40.8. The van der Waals surface area contributed by atoms with Gasteiger partial charge in [0, 0.05) is 56.9 Å². The Bertz CT molecular complexity index is 3310. The summed E-state index contributed by atoms with van der Waals surface area (Å²) in [5.41, 5.74) is 8.64. The van der Waals surface area contributed by atoms with Gasteiger partial charge in [0.1, 0.15) is 28.9 Å². The van der Waals surface area contributed by atoms with Crippen molar-refractivity contribution in [3.05, 3.63) is 160 Å². The molecule has 1 aliphatic carbocycles. The molecule has 0 saturated heterocycles. The van der Waals surface area contributed by atoms with Gasteiger partial charge < -0.3 is 14.5 Å². The van der Waals surface area contributed by atoms with Gasteiger partial charge in [-0.1, -0.05) is 117 Å². The highest BCUT2D eigenvalue weighted by Crippen LogP contribution is 2.44. The standard InChI is InChI=1S/C55H55F4N3O6S3/c1-29(2)36-16-13-17-37(30(3)4)51(36)60-34-21-23-40-43(27-34)68-44-28-35(61-52-38(31(5)6)18-14-19-39(52)32(7)8)22-24-41(44)46(40)42-15-11-12-20-45(42)70(64)62-71(65,66)54-49(58)47(56)53(48(57)50(54)59)69-26-25-67-55(63)33(9)10/h11-24,27-32,60,62H,9,25-26H2,1-8,10H3. The van der Waals surface area contributed by atoms with E-state index in [1.54, 1.807) is 22.3 Å². The number of nitrogens with one attached hydrogen (secondary N) is 2. The number of anilines is 2. The minimum Gasteiger partial charge on any atom is -0.461 e. The van der Waals surface area contributed by atoms with E-state index >= 15 is 17.6 Å². The Kier molecular flexibility index (Phi) is 16.1. The molecule has 2 aliphatic rings. The molecule has 1 aliphatic heterocycles. The van der Waals surface area contributed by atoms with E-state index in [2.05, 4.69) is 91.6 Å². The Balaban J connectivity index is 1.37. The summed E-state index contributed by atoms with van der Waals surface area (Å²) in [6.07, 6.45) is 0. The zero-order valence-corrected chi connectivity index (χ0v) is 43.3. The lowest BCUT2D eigenvalue weighted by atomic mass is 9.92. The number of benzene rings is 6. The Labute approximate surface area is 418 Å². The number of esters is 1. The molecule has 1 unspecified atom stereocenters. The SMILES string of the molecule is C=C(C)C(=O)OCCSc1c(F)c(F)c(S(=O)(=O)NS(=O)c2ccccc2-c2c3ccc(=Nc4c(C(C)C)cccc4C(C)C)cc-3oc3cc(Nc4c(C(C)C)cccc4C(C)C)ccc23)c(F)c1F. The lowest BCUT2D eigenvalue weighted by Crippen LogP contribution is -2.29. The van der Waals surface area contributed by atoms with Crippen molar-refractivity contribution in [1.29, 1.82) is 0 Å². The van der Waals surface area contributed by atoms with Crippen LogP contribution in [0.1, 0.15) is 108 Å². The average Bonchev–Trinajstić information content (AvgIpc) is 3.31. The molecule has 71 heavy (non-hydrogen) atoms. The fraction of sp³-hybridized carbons (Fsp3) is 0.273. The molecule has 5 aromatic rings. The van der Waals surface area contributed by atoms with E-state index in [9.17, 15) is 17.4 Å². The first-order valence-corrected chi connectivity index (χ1v) is 26.7. The largest absolute Gasteiger partial charge is 0.461 e.